The van der Waals surface area contributed by atoms with Gasteiger partial charge in [0.25, 0.3) is 0 Å². The maximum Gasteiger partial charge on any atom is 0.0615 e. The van der Waals surface area contributed by atoms with E-state index in [-0.39, 0.29) is 6.61 Å². The molecule has 1 aromatic carbocycles. The molecule has 0 unspecified atom stereocenters. The third-order valence-corrected chi connectivity index (χ3v) is 3.92. The Morgan fingerprint density at radius 3 is 1.91 bits per heavy atom. The molecule has 1 aromatic rings. The van der Waals surface area contributed by atoms with Crippen molar-refractivity contribution >= 4 is 12.2 Å². The van der Waals surface area contributed by atoms with E-state index in [2.05, 4.69) is 37.3 Å². The van der Waals surface area contributed by atoms with Gasteiger partial charge in [0.05, 0.1) is 6.61 Å². The van der Waals surface area contributed by atoms with Crippen LogP contribution in [0.5, 0.6) is 0 Å². The normalized spacial score (nSPS) is 11.7. The van der Waals surface area contributed by atoms with Gasteiger partial charge in [-0.3, -0.25) is 0 Å². The molecule has 0 aliphatic rings. The summed E-state index contributed by atoms with van der Waals surface area (Å²) in [6.07, 6.45) is 20.4. The first kappa shape index (κ1) is 18.7. The second-order valence-electron chi connectivity index (χ2n) is 5.88. The van der Waals surface area contributed by atoms with Crippen molar-refractivity contribution in [3.8, 4) is 0 Å². The summed E-state index contributed by atoms with van der Waals surface area (Å²) in [7, 11) is 0. The van der Waals surface area contributed by atoms with Gasteiger partial charge in [0.2, 0.25) is 0 Å². The third kappa shape index (κ3) is 8.84. The highest BCUT2D eigenvalue weighted by atomic mass is 16.2. The Hall–Kier alpha value is -1.34. The van der Waals surface area contributed by atoms with Crippen LogP contribution >= 0.6 is 0 Å². The van der Waals surface area contributed by atoms with E-state index >= 15 is 0 Å². The van der Waals surface area contributed by atoms with E-state index in [0.717, 1.165) is 6.42 Å². The molecule has 0 spiro atoms. The first-order valence-corrected chi connectivity index (χ1v) is 8.91. The molecule has 0 aliphatic heterocycles. The van der Waals surface area contributed by atoms with Crippen LogP contribution in [0.15, 0.2) is 36.4 Å². The van der Waals surface area contributed by atoms with Crippen LogP contribution in [0.3, 0.4) is 0 Å². The minimum atomic E-state index is 0.0936. The van der Waals surface area contributed by atoms with Crippen molar-refractivity contribution < 1.29 is 5.11 Å². The van der Waals surface area contributed by atoms with Gasteiger partial charge in [0.15, 0.2) is 0 Å². The zero-order valence-corrected chi connectivity index (χ0v) is 14.1. The van der Waals surface area contributed by atoms with E-state index < -0.39 is 0 Å². The van der Waals surface area contributed by atoms with E-state index in [1.165, 1.54) is 62.5 Å². The average molecular weight is 300 g/mol. The first-order valence-electron chi connectivity index (χ1n) is 8.91. The predicted octanol–water partition coefficient (Wildman–Crippen LogP) is 6.24. The fourth-order valence-electron chi connectivity index (χ4n) is 2.60. The van der Waals surface area contributed by atoms with Gasteiger partial charge in [-0.25, -0.2) is 0 Å². The van der Waals surface area contributed by atoms with Crippen LogP contribution in [-0.2, 0) is 0 Å². The Labute approximate surface area is 136 Å². The minimum Gasteiger partial charge on any atom is -0.392 e. The molecule has 122 valence electrons. The number of hydrogen-bond donors (Lipinski definition) is 1. The summed E-state index contributed by atoms with van der Waals surface area (Å²) >= 11 is 0. The number of rotatable bonds is 12. The van der Waals surface area contributed by atoms with Gasteiger partial charge >= 0.3 is 0 Å². The summed E-state index contributed by atoms with van der Waals surface area (Å²) in [5.41, 5.74) is 2.40. The highest BCUT2D eigenvalue weighted by Gasteiger charge is 1.94. The van der Waals surface area contributed by atoms with Crippen LogP contribution in [0.25, 0.3) is 12.2 Å². The lowest BCUT2D eigenvalue weighted by Gasteiger charge is -2.01. The molecule has 1 N–H and O–H groups in total. The number of hydrogen-bond acceptors (Lipinski definition) is 1. The lowest BCUT2D eigenvalue weighted by atomic mass is 10.0. The molecular formula is C21H32O. The minimum absolute atomic E-state index is 0.0936. The van der Waals surface area contributed by atoms with Gasteiger partial charge in [0.1, 0.15) is 0 Å². The molecular weight excluding hydrogens is 268 g/mol. The van der Waals surface area contributed by atoms with Crippen LogP contribution in [0.1, 0.15) is 75.8 Å². The fraction of sp³-hybridized carbons (Fsp3) is 0.524. The highest BCUT2D eigenvalue weighted by molar-refractivity contribution is 5.65. The number of benzene rings is 1. The summed E-state index contributed by atoms with van der Waals surface area (Å²) in [6, 6.07) is 8.31. The SMILES string of the molecule is CCCCCCCCCC/C=C/c1ccccc1/C=C/CO. The molecule has 1 rings (SSSR count). The van der Waals surface area contributed by atoms with E-state index in [0.29, 0.717) is 0 Å². The largest absolute Gasteiger partial charge is 0.392 e. The third-order valence-electron chi connectivity index (χ3n) is 3.92. The molecule has 0 atom stereocenters. The number of aliphatic hydroxyl groups is 1. The Morgan fingerprint density at radius 1 is 0.773 bits per heavy atom. The topological polar surface area (TPSA) is 20.2 Å². The summed E-state index contributed by atoms with van der Waals surface area (Å²) in [5.74, 6) is 0. The number of aliphatic hydroxyl groups excluding tert-OH is 1. The van der Waals surface area contributed by atoms with Crippen LogP contribution < -0.4 is 0 Å². The van der Waals surface area contributed by atoms with E-state index in [1.807, 2.05) is 12.1 Å². The summed E-state index contributed by atoms with van der Waals surface area (Å²) in [4.78, 5) is 0. The lowest BCUT2D eigenvalue weighted by Crippen LogP contribution is -1.82. The van der Waals surface area contributed by atoms with Crippen LogP contribution in [-0.4, -0.2) is 11.7 Å². The van der Waals surface area contributed by atoms with E-state index in [9.17, 15) is 0 Å². The van der Waals surface area contributed by atoms with Gasteiger partial charge in [-0.05, 0) is 24.0 Å². The van der Waals surface area contributed by atoms with Crippen LogP contribution in [0.4, 0.5) is 0 Å². The first-order chi connectivity index (χ1) is 10.9. The molecule has 1 heteroatoms. The second-order valence-corrected chi connectivity index (χ2v) is 5.88. The van der Waals surface area contributed by atoms with Gasteiger partial charge in [-0.1, -0.05) is 100 Å². The van der Waals surface area contributed by atoms with Crippen molar-refractivity contribution in [2.24, 2.45) is 0 Å². The van der Waals surface area contributed by atoms with Crippen LogP contribution in [0.2, 0.25) is 0 Å². The molecule has 0 saturated heterocycles. The number of allylic oxidation sites excluding steroid dienone is 1. The van der Waals surface area contributed by atoms with Gasteiger partial charge < -0.3 is 5.11 Å². The molecule has 0 saturated carbocycles. The molecule has 0 aromatic heterocycles. The number of unbranched alkanes of at least 4 members (excludes halogenated alkanes) is 8. The quantitative estimate of drug-likeness (QED) is 0.453. The molecule has 22 heavy (non-hydrogen) atoms. The molecule has 0 radical (unpaired) electrons. The molecule has 0 amide bonds. The van der Waals surface area contributed by atoms with Crippen LogP contribution in [0, 0.1) is 0 Å². The predicted molar refractivity (Wildman–Crippen MR) is 98.8 cm³/mol. The van der Waals surface area contributed by atoms with Crippen molar-refractivity contribution in [1.29, 1.82) is 0 Å². The molecule has 0 bridgehead atoms. The van der Waals surface area contributed by atoms with Gasteiger partial charge in [-0.15, -0.1) is 0 Å². The van der Waals surface area contributed by atoms with Crippen molar-refractivity contribution in [1.82, 2.24) is 0 Å². The van der Waals surface area contributed by atoms with Crippen molar-refractivity contribution in [2.45, 2.75) is 64.7 Å². The monoisotopic (exact) mass is 300 g/mol. The Morgan fingerprint density at radius 2 is 1.32 bits per heavy atom. The Kier molecular flexibility index (Phi) is 11.3. The van der Waals surface area contributed by atoms with Gasteiger partial charge in [0, 0.05) is 0 Å². The van der Waals surface area contributed by atoms with Crippen molar-refractivity contribution in [2.75, 3.05) is 6.61 Å². The van der Waals surface area contributed by atoms with Gasteiger partial charge in [-0.2, -0.15) is 0 Å². The summed E-state index contributed by atoms with van der Waals surface area (Å²) in [6.45, 7) is 2.36. The van der Waals surface area contributed by atoms with Crippen molar-refractivity contribution in [3.63, 3.8) is 0 Å². The fourth-order valence-corrected chi connectivity index (χ4v) is 2.60. The molecule has 0 aliphatic carbocycles. The second kappa shape index (κ2) is 13.3. The highest BCUT2D eigenvalue weighted by Crippen LogP contribution is 2.14. The maximum absolute atomic E-state index is 8.88. The Balaban J connectivity index is 2.19. The standard InChI is InChI=1S/C21H32O/c1-2-3-4-5-6-7-8-9-10-11-15-20-16-12-13-17-21(20)18-14-19-22/h11-18,22H,2-10,19H2,1H3/b15-11+,18-14+. The zero-order chi connectivity index (χ0) is 15.9. The van der Waals surface area contributed by atoms with Crippen molar-refractivity contribution in [3.05, 3.63) is 47.5 Å². The molecule has 1 nitrogen and oxygen atoms in total. The molecule has 0 heterocycles. The van der Waals surface area contributed by atoms with E-state index in [4.69, 9.17) is 5.11 Å². The smallest absolute Gasteiger partial charge is 0.0615 e. The van der Waals surface area contributed by atoms with E-state index in [1.54, 1.807) is 6.08 Å². The lowest BCUT2D eigenvalue weighted by molar-refractivity contribution is 0.343. The summed E-state index contributed by atoms with van der Waals surface area (Å²) in [5, 5.41) is 8.88. The summed E-state index contributed by atoms with van der Waals surface area (Å²) < 4.78 is 0. The molecule has 0 fully saturated rings. The zero-order valence-electron chi connectivity index (χ0n) is 14.1. The average Bonchev–Trinajstić information content (AvgIpc) is 2.55. The maximum atomic E-state index is 8.88. The Bertz CT molecular complexity index is 431.